The summed E-state index contributed by atoms with van der Waals surface area (Å²) in [6.07, 6.45) is 0.0794. The van der Waals surface area contributed by atoms with E-state index in [1.165, 1.54) is 0 Å². The monoisotopic (exact) mass is 347 g/mol. The molecular formula is C18H18ClNO4. The highest BCUT2D eigenvalue weighted by Gasteiger charge is 2.22. The predicted molar refractivity (Wildman–Crippen MR) is 92.5 cm³/mol. The molecule has 2 aromatic rings. The summed E-state index contributed by atoms with van der Waals surface area (Å²) in [4.78, 5) is 23.5. The molecule has 126 valence electrons. The summed E-state index contributed by atoms with van der Waals surface area (Å²) in [5, 5.41) is 12.4. The highest BCUT2D eigenvalue weighted by Crippen LogP contribution is 2.19. The fraction of sp³-hybridized carbons (Fsp3) is 0.222. The lowest BCUT2D eigenvalue weighted by Gasteiger charge is -2.15. The number of hydrogen-bond acceptors (Lipinski definition) is 3. The van der Waals surface area contributed by atoms with Gasteiger partial charge in [-0.2, -0.15) is 0 Å². The van der Waals surface area contributed by atoms with Gasteiger partial charge >= 0.3 is 5.97 Å². The maximum atomic E-state index is 12.4. The second-order valence-corrected chi connectivity index (χ2v) is 5.78. The average Bonchev–Trinajstić information content (AvgIpc) is 2.56. The standard InChI is InChI=1S/C18H18ClNO4/c1-24-16-8-6-15(7-9-16)20-18(23)13(11-17(21)22)10-12-2-4-14(19)5-3-12/h2-9,13H,10-11H2,1H3,(H,20,23)(H,21,22)/t13-/m0/s1. The van der Waals surface area contributed by atoms with E-state index in [9.17, 15) is 9.59 Å². The van der Waals surface area contributed by atoms with Gasteiger partial charge in [-0.05, 0) is 48.4 Å². The molecular weight excluding hydrogens is 330 g/mol. The average molecular weight is 348 g/mol. The highest BCUT2D eigenvalue weighted by molar-refractivity contribution is 6.30. The number of methoxy groups -OCH3 is 1. The second kappa shape index (κ2) is 8.36. The molecule has 1 atom stereocenters. The number of carbonyl (C=O) groups excluding carboxylic acids is 1. The number of carboxylic acids is 1. The van der Waals surface area contributed by atoms with Crippen molar-refractivity contribution >= 4 is 29.2 Å². The van der Waals surface area contributed by atoms with Crippen LogP contribution in [0.4, 0.5) is 5.69 Å². The van der Waals surface area contributed by atoms with Crippen LogP contribution in [0.2, 0.25) is 5.02 Å². The van der Waals surface area contributed by atoms with Crippen molar-refractivity contribution in [1.82, 2.24) is 0 Å². The van der Waals surface area contributed by atoms with Crippen LogP contribution in [0.25, 0.3) is 0 Å². The van der Waals surface area contributed by atoms with Crippen molar-refractivity contribution in [2.75, 3.05) is 12.4 Å². The van der Waals surface area contributed by atoms with Gasteiger partial charge in [0, 0.05) is 10.7 Å². The van der Waals surface area contributed by atoms with E-state index in [1.54, 1.807) is 55.6 Å². The van der Waals surface area contributed by atoms with E-state index in [1.807, 2.05) is 0 Å². The van der Waals surface area contributed by atoms with Crippen molar-refractivity contribution in [2.24, 2.45) is 5.92 Å². The summed E-state index contributed by atoms with van der Waals surface area (Å²) < 4.78 is 5.06. The first-order chi connectivity index (χ1) is 11.5. The van der Waals surface area contributed by atoms with Gasteiger partial charge in [0.1, 0.15) is 5.75 Å². The topological polar surface area (TPSA) is 75.6 Å². The largest absolute Gasteiger partial charge is 0.497 e. The van der Waals surface area contributed by atoms with Gasteiger partial charge in [-0.1, -0.05) is 23.7 Å². The van der Waals surface area contributed by atoms with Gasteiger partial charge in [-0.15, -0.1) is 0 Å². The quantitative estimate of drug-likeness (QED) is 0.802. The minimum atomic E-state index is -1.01. The summed E-state index contributed by atoms with van der Waals surface area (Å²) in [6, 6.07) is 13.9. The zero-order chi connectivity index (χ0) is 17.5. The fourth-order valence-corrected chi connectivity index (χ4v) is 2.42. The molecule has 5 nitrogen and oxygen atoms in total. The molecule has 0 bridgehead atoms. The van der Waals surface area contributed by atoms with E-state index in [-0.39, 0.29) is 12.3 Å². The molecule has 0 saturated heterocycles. The molecule has 2 N–H and O–H groups in total. The number of amides is 1. The van der Waals surface area contributed by atoms with E-state index >= 15 is 0 Å². The SMILES string of the molecule is COc1ccc(NC(=O)[C@H](CC(=O)O)Cc2ccc(Cl)cc2)cc1. The number of carbonyl (C=O) groups is 2. The van der Waals surface area contributed by atoms with Gasteiger partial charge in [-0.25, -0.2) is 0 Å². The van der Waals surface area contributed by atoms with Gasteiger partial charge in [0.25, 0.3) is 0 Å². The number of anilines is 1. The number of halogens is 1. The Morgan fingerprint density at radius 3 is 2.29 bits per heavy atom. The van der Waals surface area contributed by atoms with E-state index in [0.717, 1.165) is 5.56 Å². The lowest BCUT2D eigenvalue weighted by Crippen LogP contribution is -2.27. The van der Waals surface area contributed by atoms with Crippen molar-refractivity contribution in [3.63, 3.8) is 0 Å². The highest BCUT2D eigenvalue weighted by atomic mass is 35.5. The first-order valence-electron chi connectivity index (χ1n) is 7.39. The fourth-order valence-electron chi connectivity index (χ4n) is 2.29. The van der Waals surface area contributed by atoms with Crippen molar-refractivity contribution in [3.05, 3.63) is 59.1 Å². The molecule has 0 aliphatic carbocycles. The summed E-state index contributed by atoms with van der Waals surface area (Å²) in [5.74, 6) is -1.35. The lowest BCUT2D eigenvalue weighted by molar-refractivity contribution is -0.140. The van der Waals surface area contributed by atoms with Gasteiger partial charge < -0.3 is 15.2 Å². The van der Waals surface area contributed by atoms with Crippen molar-refractivity contribution in [3.8, 4) is 5.75 Å². The van der Waals surface area contributed by atoms with E-state index in [0.29, 0.717) is 22.9 Å². The molecule has 0 aliphatic heterocycles. The molecule has 0 saturated carbocycles. The first-order valence-corrected chi connectivity index (χ1v) is 7.77. The van der Waals surface area contributed by atoms with Crippen LogP contribution in [0.5, 0.6) is 5.75 Å². The lowest BCUT2D eigenvalue weighted by atomic mass is 9.95. The summed E-state index contributed by atoms with van der Waals surface area (Å²) in [7, 11) is 1.56. The molecule has 0 spiro atoms. The number of aliphatic carboxylic acids is 1. The molecule has 24 heavy (non-hydrogen) atoms. The molecule has 0 aromatic heterocycles. The first kappa shape index (κ1) is 17.8. The van der Waals surface area contributed by atoms with Crippen molar-refractivity contribution in [2.45, 2.75) is 12.8 Å². The Kier molecular flexibility index (Phi) is 6.21. The zero-order valence-electron chi connectivity index (χ0n) is 13.2. The molecule has 2 rings (SSSR count). The molecule has 6 heteroatoms. The van der Waals surface area contributed by atoms with Crippen LogP contribution >= 0.6 is 11.6 Å². The van der Waals surface area contributed by atoms with Crippen LogP contribution in [0.15, 0.2) is 48.5 Å². The van der Waals surface area contributed by atoms with E-state index in [2.05, 4.69) is 5.32 Å². The minimum absolute atomic E-state index is 0.245. The number of benzene rings is 2. The Morgan fingerprint density at radius 2 is 1.75 bits per heavy atom. The second-order valence-electron chi connectivity index (χ2n) is 5.34. The summed E-state index contributed by atoms with van der Waals surface area (Å²) in [5.41, 5.74) is 1.45. The minimum Gasteiger partial charge on any atom is -0.497 e. The van der Waals surface area contributed by atoms with Crippen LogP contribution in [0.3, 0.4) is 0 Å². The molecule has 2 aromatic carbocycles. The predicted octanol–water partition coefficient (Wildman–Crippen LogP) is 3.62. The Labute approximate surface area is 145 Å². The maximum Gasteiger partial charge on any atom is 0.304 e. The Morgan fingerprint density at radius 1 is 1.12 bits per heavy atom. The number of carboxylic acid groups (broad SMARTS) is 1. The zero-order valence-corrected chi connectivity index (χ0v) is 13.9. The molecule has 0 fully saturated rings. The number of ether oxygens (including phenoxy) is 1. The third-order valence-electron chi connectivity index (χ3n) is 3.54. The van der Waals surface area contributed by atoms with Gasteiger partial charge in [0.05, 0.1) is 19.4 Å². The van der Waals surface area contributed by atoms with Crippen LogP contribution in [-0.2, 0) is 16.0 Å². The molecule has 0 aliphatic rings. The van der Waals surface area contributed by atoms with Crippen molar-refractivity contribution in [1.29, 1.82) is 0 Å². The van der Waals surface area contributed by atoms with Crippen LogP contribution in [0.1, 0.15) is 12.0 Å². The van der Waals surface area contributed by atoms with Crippen LogP contribution in [0, 0.1) is 5.92 Å². The number of nitrogens with one attached hydrogen (secondary N) is 1. The third-order valence-corrected chi connectivity index (χ3v) is 3.80. The molecule has 1 amide bonds. The number of hydrogen-bond donors (Lipinski definition) is 2. The Balaban J connectivity index is 2.08. The molecule has 0 radical (unpaired) electrons. The van der Waals surface area contributed by atoms with E-state index in [4.69, 9.17) is 21.4 Å². The van der Waals surface area contributed by atoms with Gasteiger partial charge in [0.2, 0.25) is 5.91 Å². The van der Waals surface area contributed by atoms with E-state index < -0.39 is 11.9 Å². The van der Waals surface area contributed by atoms with Gasteiger partial charge in [0.15, 0.2) is 0 Å². The normalized spacial score (nSPS) is 11.6. The molecule has 0 heterocycles. The maximum absolute atomic E-state index is 12.4. The third kappa shape index (κ3) is 5.28. The van der Waals surface area contributed by atoms with Crippen LogP contribution in [-0.4, -0.2) is 24.1 Å². The number of rotatable bonds is 7. The summed E-state index contributed by atoms with van der Waals surface area (Å²) in [6.45, 7) is 0. The smallest absolute Gasteiger partial charge is 0.304 e. The van der Waals surface area contributed by atoms with Crippen LogP contribution < -0.4 is 10.1 Å². The Bertz CT molecular complexity index is 698. The Hall–Kier alpha value is -2.53. The summed E-state index contributed by atoms with van der Waals surface area (Å²) >= 11 is 5.84. The van der Waals surface area contributed by atoms with Gasteiger partial charge in [-0.3, -0.25) is 9.59 Å². The molecule has 0 unspecified atom stereocenters. The van der Waals surface area contributed by atoms with Crippen molar-refractivity contribution < 1.29 is 19.4 Å².